The summed E-state index contributed by atoms with van der Waals surface area (Å²) in [7, 11) is 3.36. The van der Waals surface area contributed by atoms with Crippen LogP contribution >= 0.6 is 0 Å². The summed E-state index contributed by atoms with van der Waals surface area (Å²) in [5.74, 6) is 1.85. The van der Waals surface area contributed by atoms with E-state index in [0.29, 0.717) is 18.5 Å². The number of benzene rings is 1. The summed E-state index contributed by atoms with van der Waals surface area (Å²) in [4.78, 5) is 14.3. The zero-order valence-electron chi connectivity index (χ0n) is 14.0. The molecule has 1 saturated heterocycles. The maximum absolute atomic E-state index is 11.9. The molecule has 1 amide bonds. The van der Waals surface area contributed by atoms with Crippen LogP contribution in [0.4, 0.5) is 0 Å². The first-order valence-electron chi connectivity index (χ1n) is 8.46. The fourth-order valence-corrected chi connectivity index (χ4v) is 3.31. The number of ether oxygens (including phenoxy) is 2. The van der Waals surface area contributed by atoms with Gasteiger partial charge in [0.25, 0.3) is 0 Å². The monoisotopic (exact) mass is 318 g/mol. The average Bonchev–Trinajstić information content (AvgIpc) is 3.26. The second-order valence-corrected chi connectivity index (χ2v) is 6.39. The zero-order chi connectivity index (χ0) is 16.2. The Morgan fingerprint density at radius 1 is 1.26 bits per heavy atom. The van der Waals surface area contributed by atoms with Crippen molar-refractivity contribution >= 4 is 5.91 Å². The van der Waals surface area contributed by atoms with E-state index in [2.05, 4.69) is 16.3 Å². The predicted molar refractivity (Wildman–Crippen MR) is 88.9 cm³/mol. The lowest BCUT2D eigenvalue weighted by Gasteiger charge is -2.26. The molecule has 1 atom stereocenters. The van der Waals surface area contributed by atoms with Crippen LogP contribution in [0.2, 0.25) is 0 Å². The number of hydrogen-bond acceptors (Lipinski definition) is 4. The third-order valence-corrected chi connectivity index (χ3v) is 4.73. The molecule has 3 rings (SSSR count). The van der Waals surface area contributed by atoms with Crippen molar-refractivity contribution in [2.24, 2.45) is 0 Å². The molecule has 1 aromatic rings. The first-order chi connectivity index (χ1) is 11.2. The van der Waals surface area contributed by atoms with Crippen molar-refractivity contribution in [2.45, 2.75) is 44.2 Å². The molecule has 1 aromatic carbocycles. The second kappa shape index (κ2) is 7.21. The van der Waals surface area contributed by atoms with Gasteiger partial charge in [0.2, 0.25) is 5.91 Å². The Bertz CT molecular complexity index is 557. The number of likely N-dealkylation sites (tertiary alicyclic amines) is 1. The molecule has 1 aliphatic heterocycles. The quantitative estimate of drug-likeness (QED) is 0.839. The molecule has 1 heterocycles. The van der Waals surface area contributed by atoms with E-state index >= 15 is 0 Å². The van der Waals surface area contributed by atoms with Crippen LogP contribution in [-0.4, -0.2) is 44.2 Å². The smallest absolute Gasteiger partial charge is 0.221 e. The summed E-state index contributed by atoms with van der Waals surface area (Å²) in [5.41, 5.74) is 1.19. The maximum atomic E-state index is 11.9. The van der Waals surface area contributed by atoms with Crippen molar-refractivity contribution < 1.29 is 14.3 Å². The van der Waals surface area contributed by atoms with Gasteiger partial charge in [-0.2, -0.15) is 0 Å². The van der Waals surface area contributed by atoms with E-state index < -0.39 is 0 Å². The molecule has 0 bridgehead atoms. The number of carbonyl (C=O) groups is 1. The first kappa shape index (κ1) is 16.1. The number of nitrogens with zero attached hydrogens (tertiary/aromatic N) is 1. The molecule has 0 aromatic heterocycles. The summed E-state index contributed by atoms with van der Waals surface area (Å²) in [6.45, 7) is 1.84. The average molecular weight is 318 g/mol. The molecule has 5 heteroatoms. The highest BCUT2D eigenvalue weighted by Crippen LogP contribution is 2.38. The Labute approximate surface area is 137 Å². The van der Waals surface area contributed by atoms with Gasteiger partial charge in [0.15, 0.2) is 0 Å². The van der Waals surface area contributed by atoms with E-state index in [1.807, 2.05) is 12.1 Å². The number of hydrogen-bond donors (Lipinski definition) is 1. The van der Waals surface area contributed by atoms with Crippen molar-refractivity contribution in [3.8, 4) is 11.5 Å². The lowest BCUT2D eigenvalue weighted by atomic mass is 10.0. The molecule has 1 N–H and O–H groups in total. The van der Waals surface area contributed by atoms with Crippen LogP contribution in [0.5, 0.6) is 11.5 Å². The fourth-order valence-electron chi connectivity index (χ4n) is 3.31. The molecule has 1 aliphatic carbocycles. The summed E-state index contributed by atoms with van der Waals surface area (Å²) in [6.07, 6.45) is 5.12. The number of carbonyl (C=O) groups excluding carboxylic acids is 1. The Morgan fingerprint density at radius 3 is 2.78 bits per heavy atom. The number of nitrogens with one attached hydrogen (secondary N) is 1. The minimum absolute atomic E-state index is 0.180. The van der Waals surface area contributed by atoms with E-state index in [-0.39, 0.29) is 5.91 Å². The third-order valence-electron chi connectivity index (χ3n) is 4.73. The SMILES string of the molecule is COc1ccc(C2CCCN2CCC(=O)NC2CC2)c(OC)c1. The highest BCUT2D eigenvalue weighted by molar-refractivity contribution is 5.76. The fraction of sp³-hybridized carbons (Fsp3) is 0.611. The van der Waals surface area contributed by atoms with Crippen LogP contribution in [-0.2, 0) is 4.79 Å². The van der Waals surface area contributed by atoms with Crippen LogP contribution in [0, 0.1) is 0 Å². The van der Waals surface area contributed by atoms with Crippen LogP contribution < -0.4 is 14.8 Å². The minimum atomic E-state index is 0.180. The van der Waals surface area contributed by atoms with Crippen molar-refractivity contribution in [2.75, 3.05) is 27.3 Å². The maximum Gasteiger partial charge on any atom is 0.221 e. The van der Waals surface area contributed by atoms with E-state index in [1.165, 1.54) is 5.56 Å². The van der Waals surface area contributed by atoms with Crippen molar-refractivity contribution in [3.05, 3.63) is 23.8 Å². The molecule has 126 valence electrons. The van der Waals surface area contributed by atoms with Gasteiger partial charge in [-0.1, -0.05) is 6.07 Å². The molecule has 2 aliphatic rings. The molecule has 0 radical (unpaired) electrons. The lowest BCUT2D eigenvalue weighted by molar-refractivity contribution is -0.121. The highest BCUT2D eigenvalue weighted by atomic mass is 16.5. The van der Waals surface area contributed by atoms with Gasteiger partial charge in [0, 0.05) is 36.7 Å². The Hall–Kier alpha value is -1.75. The molecular formula is C18H26N2O3. The standard InChI is InChI=1S/C18H26N2O3/c1-22-14-7-8-15(17(12-14)23-2)16-4-3-10-20(16)11-9-18(21)19-13-5-6-13/h7-8,12-13,16H,3-6,9-11H2,1-2H3,(H,19,21). The lowest BCUT2D eigenvalue weighted by Crippen LogP contribution is -2.31. The zero-order valence-corrected chi connectivity index (χ0v) is 14.0. The van der Waals surface area contributed by atoms with Crippen molar-refractivity contribution in [1.29, 1.82) is 0 Å². The molecule has 0 spiro atoms. The van der Waals surface area contributed by atoms with Crippen molar-refractivity contribution in [1.82, 2.24) is 10.2 Å². The van der Waals surface area contributed by atoms with Gasteiger partial charge in [0.1, 0.15) is 11.5 Å². The molecule has 5 nitrogen and oxygen atoms in total. The summed E-state index contributed by atoms with van der Waals surface area (Å²) in [5, 5.41) is 3.06. The van der Waals surface area contributed by atoms with Gasteiger partial charge < -0.3 is 14.8 Å². The molecule has 23 heavy (non-hydrogen) atoms. The van der Waals surface area contributed by atoms with Gasteiger partial charge in [-0.15, -0.1) is 0 Å². The Kier molecular flexibility index (Phi) is 5.06. The van der Waals surface area contributed by atoms with Crippen LogP contribution in [0.1, 0.15) is 43.7 Å². The second-order valence-electron chi connectivity index (χ2n) is 6.39. The number of rotatable bonds is 7. The van der Waals surface area contributed by atoms with Gasteiger partial charge in [-0.05, 0) is 38.3 Å². The van der Waals surface area contributed by atoms with Gasteiger partial charge in [0.05, 0.1) is 14.2 Å². The molecule has 2 fully saturated rings. The predicted octanol–water partition coefficient (Wildman–Crippen LogP) is 2.51. The molecular weight excluding hydrogens is 292 g/mol. The van der Waals surface area contributed by atoms with E-state index in [1.54, 1.807) is 14.2 Å². The van der Waals surface area contributed by atoms with Crippen LogP contribution in [0.25, 0.3) is 0 Å². The number of amides is 1. The Balaban J connectivity index is 1.64. The summed E-state index contributed by atoms with van der Waals surface area (Å²) >= 11 is 0. The van der Waals surface area contributed by atoms with Crippen LogP contribution in [0.15, 0.2) is 18.2 Å². The van der Waals surface area contributed by atoms with Crippen LogP contribution in [0.3, 0.4) is 0 Å². The Morgan fingerprint density at radius 2 is 2.09 bits per heavy atom. The van der Waals surface area contributed by atoms with Gasteiger partial charge in [-0.3, -0.25) is 9.69 Å². The third kappa shape index (κ3) is 3.96. The first-order valence-corrected chi connectivity index (χ1v) is 8.46. The summed E-state index contributed by atoms with van der Waals surface area (Å²) in [6, 6.07) is 6.77. The molecule has 1 unspecified atom stereocenters. The highest BCUT2D eigenvalue weighted by Gasteiger charge is 2.29. The van der Waals surface area contributed by atoms with Gasteiger partial charge >= 0.3 is 0 Å². The van der Waals surface area contributed by atoms with E-state index in [0.717, 1.165) is 50.3 Å². The molecule has 1 saturated carbocycles. The van der Waals surface area contributed by atoms with E-state index in [9.17, 15) is 4.79 Å². The normalized spacial score (nSPS) is 21.2. The summed E-state index contributed by atoms with van der Waals surface area (Å²) < 4.78 is 10.8. The minimum Gasteiger partial charge on any atom is -0.497 e. The number of methoxy groups -OCH3 is 2. The van der Waals surface area contributed by atoms with E-state index in [4.69, 9.17) is 9.47 Å². The topological polar surface area (TPSA) is 50.8 Å². The van der Waals surface area contributed by atoms with Crippen molar-refractivity contribution in [3.63, 3.8) is 0 Å². The van der Waals surface area contributed by atoms with Gasteiger partial charge in [-0.25, -0.2) is 0 Å². The largest absolute Gasteiger partial charge is 0.497 e.